The number of alkyl halides is 3. The monoisotopic (exact) mass is 541 g/mol. The van der Waals surface area contributed by atoms with Gasteiger partial charge in [-0.05, 0) is 36.4 Å². The Bertz CT molecular complexity index is 1660. The number of aromatic hydroxyl groups is 1. The SMILES string of the molecule is C#Cc1c(F)ccc2cc(O)cc(-c3nc(OCC(F)(F)F)c4c(N5CC6CCC(C5)N6)ncnc4c3F)c12. The number of terminal acetylenes is 1. The molecule has 4 heterocycles. The van der Waals surface area contributed by atoms with Gasteiger partial charge in [0.2, 0.25) is 5.88 Å². The van der Waals surface area contributed by atoms with Crippen LogP contribution < -0.4 is 15.0 Å². The van der Waals surface area contributed by atoms with Crippen LogP contribution in [0.25, 0.3) is 32.9 Å². The maximum Gasteiger partial charge on any atom is 0.422 e. The molecule has 2 aromatic carbocycles. The average Bonchev–Trinajstić information content (AvgIpc) is 3.24. The van der Waals surface area contributed by atoms with Gasteiger partial charge in [-0.1, -0.05) is 12.0 Å². The molecule has 2 bridgehead atoms. The number of rotatable bonds is 4. The molecule has 2 fully saturated rings. The van der Waals surface area contributed by atoms with Crippen LogP contribution in [0.3, 0.4) is 0 Å². The lowest BCUT2D eigenvalue weighted by atomic mass is 9.95. The van der Waals surface area contributed by atoms with Crippen LogP contribution in [0.1, 0.15) is 18.4 Å². The molecule has 39 heavy (non-hydrogen) atoms. The highest BCUT2D eigenvalue weighted by atomic mass is 19.4. The molecule has 2 atom stereocenters. The van der Waals surface area contributed by atoms with Gasteiger partial charge in [0, 0.05) is 36.1 Å². The fraction of sp³-hybridized carbons (Fsp3) is 0.296. The Morgan fingerprint density at radius 3 is 2.54 bits per heavy atom. The molecule has 0 spiro atoms. The lowest BCUT2D eigenvalue weighted by Gasteiger charge is -2.34. The van der Waals surface area contributed by atoms with Crippen molar-refractivity contribution in [2.24, 2.45) is 0 Å². The second-order valence-electron chi connectivity index (χ2n) is 9.61. The van der Waals surface area contributed by atoms with Crippen LogP contribution in [0.4, 0.5) is 27.8 Å². The minimum Gasteiger partial charge on any atom is -0.508 e. The molecule has 2 saturated heterocycles. The van der Waals surface area contributed by atoms with E-state index in [2.05, 4.69) is 26.2 Å². The van der Waals surface area contributed by atoms with Gasteiger partial charge in [-0.25, -0.2) is 23.7 Å². The number of hydrogen-bond donors (Lipinski definition) is 2. The Labute approximate surface area is 218 Å². The lowest BCUT2D eigenvalue weighted by Crippen LogP contribution is -2.51. The van der Waals surface area contributed by atoms with Crippen molar-refractivity contribution in [3.8, 4) is 35.2 Å². The molecule has 200 valence electrons. The van der Waals surface area contributed by atoms with Crippen molar-refractivity contribution in [2.45, 2.75) is 31.1 Å². The largest absolute Gasteiger partial charge is 0.508 e. The minimum absolute atomic E-state index is 0.0516. The molecule has 2 N–H and O–H groups in total. The quantitative estimate of drug-likeness (QED) is 0.287. The van der Waals surface area contributed by atoms with Crippen molar-refractivity contribution in [2.75, 3.05) is 24.6 Å². The van der Waals surface area contributed by atoms with Crippen LogP contribution in [0.15, 0.2) is 30.6 Å². The third kappa shape index (κ3) is 4.42. The van der Waals surface area contributed by atoms with E-state index in [1.165, 1.54) is 12.1 Å². The van der Waals surface area contributed by atoms with E-state index in [0.29, 0.717) is 13.1 Å². The number of nitrogens with one attached hydrogen (secondary N) is 1. The zero-order valence-corrected chi connectivity index (χ0v) is 20.2. The Hall–Kier alpha value is -4.24. The number of fused-ring (bicyclic) bond motifs is 4. The van der Waals surface area contributed by atoms with E-state index in [9.17, 15) is 22.7 Å². The number of piperazine rings is 1. The number of aromatic nitrogens is 3. The topological polar surface area (TPSA) is 83.4 Å². The number of halogens is 5. The number of phenols is 1. The van der Waals surface area contributed by atoms with E-state index in [0.717, 1.165) is 31.3 Å². The van der Waals surface area contributed by atoms with Crippen molar-refractivity contribution in [1.82, 2.24) is 20.3 Å². The van der Waals surface area contributed by atoms with Gasteiger partial charge in [0.15, 0.2) is 12.4 Å². The minimum atomic E-state index is -4.72. The molecule has 12 heteroatoms. The van der Waals surface area contributed by atoms with Crippen LogP contribution in [0, 0.1) is 24.0 Å². The molecule has 2 aliphatic rings. The third-order valence-corrected chi connectivity index (χ3v) is 7.01. The highest BCUT2D eigenvalue weighted by Crippen LogP contribution is 2.42. The van der Waals surface area contributed by atoms with Crippen molar-refractivity contribution < 1.29 is 31.8 Å². The molecule has 7 nitrogen and oxygen atoms in total. The summed E-state index contributed by atoms with van der Waals surface area (Å²) < 4.78 is 75.7. The van der Waals surface area contributed by atoms with E-state index in [4.69, 9.17) is 11.2 Å². The van der Waals surface area contributed by atoms with Crippen LogP contribution in [-0.2, 0) is 0 Å². The van der Waals surface area contributed by atoms with E-state index in [-0.39, 0.29) is 56.5 Å². The Balaban J connectivity index is 1.62. The van der Waals surface area contributed by atoms with Crippen LogP contribution in [0.2, 0.25) is 0 Å². The second-order valence-corrected chi connectivity index (χ2v) is 9.61. The van der Waals surface area contributed by atoms with Gasteiger partial charge in [0.1, 0.15) is 40.3 Å². The fourth-order valence-corrected chi connectivity index (χ4v) is 5.45. The molecular formula is C27H20F5N5O2. The van der Waals surface area contributed by atoms with Crippen LogP contribution >= 0.6 is 0 Å². The summed E-state index contributed by atoms with van der Waals surface area (Å²) in [7, 11) is 0. The first-order valence-corrected chi connectivity index (χ1v) is 12.1. The first-order valence-electron chi connectivity index (χ1n) is 12.1. The van der Waals surface area contributed by atoms with Gasteiger partial charge >= 0.3 is 6.18 Å². The molecule has 0 amide bonds. The molecule has 4 aromatic rings. The summed E-state index contributed by atoms with van der Waals surface area (Å²) in [4.78, 5) is 14.3. The number of pyridine rings is 1. The third-order valence-electron chi connectivity index (χ3n) is 7.01. The van der Waals surface area contributed by atoms with Crippen LogP contribution in [-0.4, -0.2) is 58.0 Å². The van der Waals surface area contributed by atoms with Crippen LogP contribution in [0.5, 0.6) is 11.6 Å². The number of phenolic OH excluding ortho intramolecular Hbond substituents is 1. The predicted octanol–water partition coefficient (Wildman–Crippen LogP) is 4.69. The summed E-state index contributed by atoms with van der Waals surface area (Å²) in [6, 6.07) is 5.17. The van der Waals surface area contributed by atoms with Gasteiger partial charge in [0.05, 0.1) is 5.56 Å². The molecule has 6 rings (SSSR count). The van der Waals surface area contributed by atoms with Crippen molar-refractivity contribution >= 4 is 27.5 Å². The van der Waals surface area contributed by atoms with Gasteiger partial charge in [-0.15, -0.1) is 6.42 Å². The summed E-state index contributed by atoms with van der Waals surface area (Å²) in [6.45, 7) is -0.689. The Kier molecular flexibility index (Phi) is 5.91. The summed E-state index contributed by atoms with van der Waals surface area (Å²) in [5.41, 5.74) is -1.19. The standard InChI is InChI=1S/C27H20F5N5O2/c1-2-17-19(28)6-3-13-7-16(38)8-18(20(13)17)23-22(29)24-21(26(36-23)39-11-27(30,31)32)25(34-12-33-24)37-9-14-4-5-15(10-37)35-14/h1,3,6-8,12,14-15,35,38H,4-5,9-11H2. The predicted molar refractivity (Wildman–Crippen MR) is 133 cm³/mol. The number of ether oxygens (including phenoxy) is 1. The van der Waals surface area contributed by atoms with E-state index < -0.39 is 36.0 Å². The Morgan fingerprint density at radius 2 is 1.85 bits per heavy atom. The number of hydrogen-bond acceptors (Lipinski definition) is 7. The summed E-state index contributed by atoms with van der Waals surface area (Å²) in [5, 5.41) is 14.0. The molecule has 2 unspecified atom stereocenters. The lowest BCUT2D eigenvalue weighted by molar-refractivity contribution is -0.153. The maximum absolute atomic E-state index is 16.2. The van der Waals surface area contributed by atoms with E-state index in [1.807, 2.05) is 4.90 Å². The highest BCUT2D eigenvalue weighted by molar-refractivity contribution is 6.04. The van der Waals surface area contributed by atoms with Gasteiger partial charge < -0.3 is 20.1 Å². The maximum atomic E-state index is 16.2. The van der Waals surface area contributed by atoms with Crippen molar-refractivity contribution in [1.29, 1.82) is 0 Å². The highest BCUT2D eigenvalue weighted by Gasteiger charge is 2.36. The Morgan fingerprint density at radius 1 is 1.10 bits per heavy atom. The van der Waals surface area contributed by atoms with E-state index in [1.54, 1.807) is 0 Å². The zero-order valence-electron chi connectivity index (χ0n) is 20.2. The van der Waals surface area contributed by atoms with E-state index >= 15 is 4.39 Å². The number of nitrogens with zero attached hydrogens (tertiary/aromatic N) is 4. The number of benzene rings is 2. The smallest absolute Gasteiger partial charge is 0.422 e. The van der Waals surface area contributed by atoms with Crippen molar-refractivity contribution in [3.05, 3.63) is 47.8 Å². The first-order chi connectivity index (χ1) is 18.6. The molecule has 2 aliphatic heterocycles. The molecule has 0 radical (unpaired) electrons. The molecule has 0 aliphatic carbocycles. The van der Waals surface area contributed by atoms with Gasteiger partial charge in [-0.2, -0.15) is 13.2 Å². The summed E-state index contributed by atoms with van der Waals surface area (Å²) >= 11 is 0. The summed E-state index contributed by atoms with van der Waals surface area (Å²) in [5.74, 6) is -0.218. The molecule has 0 saturated carbocycles. The van der Waals surface area contributed by atoms with Gasteiger partial charge in [-0.3, -0.25) is 0 Å². The second kappa shape index (κ2) is 9.20. The van der Waals surface area contributed by atoms with Crippen molar-refractivity contribution in [3.63, 3.8) is 0 Å². The average molecular weight is 541 g/mol. The first kappa shape index (κ1) is 25.1. The fourth-order valence-electron chi connectivity index (χ4n) is 5.45. The summed E-state index contributed by atoms with van der Waals surface area (Å²) in [6.07, 6.45) is 3.80. The molecule has 2 aromatic heterocycles. The number of anilines is 1. The zero-order chi connectivity index (χ0) is 27.5. The van der Waals surface area contributed by atoms with Gasteiger partial charge in [0.25, 0.3) is 0 Å². The normalized spacial score (nSPS) is 19.0. The molecular weight excluding hydrogens is 521 g/mol.